The molecule has 0 fully saturated rings. The first-order chi connectivity index (χ1) is 12.2. The van der Waals surface area contributed by atoms with Crippen molar-refractivity contribution < 1.29 is 14.3 Å². The van der Waals surface area contributed by atoms with Crippen LogP contribution in [-0.4, -0.2) is 17.4 Å². The van der Waals surface area contributed by atoms with Crippen LogP contribution in [0.2, 0.25) is 0 Å². The van der Waals surface area contributed by atoms with E-state index in [1.807, 2.05) is 19.1 Å². The lowest BCUT2D eigenvalue weighted by molar-refractivity contribution is -0.165. The molecule has 5 nitrogen and oxygen atoms in total. The van der Waals surface area contributed by atoms with Crippen LogP contribution in [0, 0.1) is 35.0 Å². The fraction of sp³-hybridized carbons (Fsp3) is 0.333. The number of benzene rings is 1. The van der Waals surface area contributed by atoms with E-state index in [1.54, 1.807) is 51.1 Å². The van der Waals surface area contributed by atoms with Crippen molar-refractivity contribution in [2.75, 3.05) is 0 Å². The summed E-state index contributed by atoms with van der Waals surface area (Å²) in [4.78, 5) is 25.9. The molecule has 1 unspecified atom stereocenters. The number of carbonyl (C=O) groups is 2. The fourth-order valence-electron chi connectivity index (χ4n) is 2.92. The van der Waals surface area contributed by atoms with E-state index < -0.39 is 22.8 Å². The number of ether oxygens (including phenoxy) is 1. The minimum atomic E-state index is -1.72. The molecule has 0 radical (unpaired) electrons. The predicted molar refractivity (Wildman–Crippen MR) is 96.4 cm³/mol. The lowest BCUT2D eigenvalue weighted by atomic mass is 9.72. The molecule has 0 saturated heterocycles. The molecule has 1 aliphatic carbocycles. The van der Waals surface area contributed by atoms with E-state index in [9.17, 15) is 20.1 Å². The molecule has 0 saturated carbocycles. The van der Waals surface area contributed by atoms with Gasteiger partial charge in [0.2, 0.25) is 0 Å². The second-order valence-corrected chi connectivity index (χ2v) is 7.22. The Labute approximate surface area is 153 Å². The zero-order chi connectivity index (χ0) is 19.5. The van der Waals surface area contributed by atoms with E-state index in [1.165, 1.54) is 6.08 Å². The summed E-state index contributed by atoms with van der Waals surface area (Å²) in [6.07, 6.45) is 2.94. The molecule has 132 valence electrons. The van der Waals surface area contributed by atoms with Crippen LogP contribution in [0.15, 0.2) is 42.0 Å². The third kappa shape index (κ3) is 3.43. The van der Waals surface area contributed by atoms with Gasteiger partial charge in [-0.2, -0.15) is 10.5 Å². The molecule has 1 aromatic carbocycles. The van der Waals surface area contributed by atoms with Crippen molar-refractivity contribution in [2.45, 2.75) is 39.7 Å². The number of hydrogen-bond acceptors (Lipinski definition) is 5. The molecule has 2 rings (SSSR count). The van der Waals surface area contributed by atoms with Crippen LogP contribution in [0.5, 0.6) is 0 Å². The highest BCUT2D eigenvalue weighted by molar-refractivity contribution is 6.21. The molecular formula is C21H20N2O3. The summed E-state index contributed by atoms with van der Waals surface area (Å²) in [7, 11) is 0. The first-order valence-electron chi connectivity index (χ1n) is 8.22. The zero-order valence-corrected chi connectivity index (χ0v) is 15.3. The number of carbonyl (C=O) groups excluding carboxylic acids is 2. The Kier molecular flexibility index (Phi) is 5.14. The molecule has 0 N–H and O–H groups in total. The van der Waals surface area contributed by atoms with Gasteiger partial charge in [0.1, 0.15) is 23.3 Å². The van der Waals surface area contributed by atoms with Crippen LogP contribution in [0.3, 0.4) is 0 Å². The van der Waals surface area contributed by atoms with Crippen molar-refractivity contribution in [3.05, 3.63) is 53.1 Å². The summed E-state index contributed by atoms with van der Waals surface area (Å²) in [5, 5.41) is 18.9. The van der Waals surface area contributed by atoms with E-state index in [2.05, 4.69) is 0 Å². The minimum absolute atomic E-state index is 0.0524. The number of allylic oxidation sites excluding steroid dienone is 3. The summed E-state index contributed by atoms with van der Waals surface area (Å²) >= 11 is 0. The summed E-state index contributed by atoms with van der Waals surface area (Å²) in [5.74, 6) is -1.23. The minimum Gasteiger partial charge on any atom is -0.459 e. The van der Waals surface area contributed by atoms with Gasteiger partial charge in [-0.15, -0.1) is 0 Å². The lowest BCUT2D eigenvalue weighted by Gasteiger charge is -2.32. The molecule has 5 heteroatoms. The molecule has 1 aliphatic rings. The zero-order valence-electron chi connectivity index (χ0n) is 15.3. The first-order valence-corrected chi connectivity index (χ1v) is 8.22. The van der Waals surface area contributed by atoms with E-state index >= 15 is 0 Å². The SMILES string of the molecule is Cc1ccc(C(=C(C#N)C#N)C2(C(=O)OC(C)(C)C)CC=CC2=O)cc1. The van der Waals surface area contributed by atoms with Crippen LogP contribution in [0.4, 0.5) is 0 Å². The summed E-state index contributed by atoms with van der Waals surface area (Å²) in [6.45, 7) is 7.01. The van der Waals surface area contributed by atoms with E-state index in [4.69, 9.17) is 4.74 Å². The summed E-state index contributed by atoms with van der Waals surface area (Å²) in [6, 6.07) is 10.7. The molecule has 0 amide bonds. The third-order valence-corrected chi connectivity index (χ3v) is 4.10. The van der Waals surface area contributed by atoms with Crippen LogP contribution in [0.25, 0.3) is 5.57 Å². The Morgan fingerprint density at radius 1 is 1.15 bits per heavy atom. The van der Waals surface area contributed by atoms with Gasteiger partial charge in [-0.1, -0.05) is 35.9 Å². The molecule has 0 aromatic heterocycles. The van der Waals surface area contributed by atoms with E-state index in [0.717, 1.165) is 5.56 Å². The fourth-order valence-corrected chi connectivity index (χ4v) is 2.92. The van der Waals surface area contributed by atoms with Gasteiger partial charge in [-0.25, -0.2) is 0 Å². The lowest BCUT2D eigenvalue weighted by Crippen LogP contribution is -2.42. The Morgan fingerprint density at radius 2 is 1.73 bits per heavy atom. The van der Waals surface area contributed by atoms with Crippen LogP contribution in [-0.2, 0) is 14.3 Å². The van der Waals surface area contributed by atoms with Gasteiger partial charge in [0.25, 0.3) is 0 Å². The third-order valence-electron chi connectivity index (χ3n) is 4.10. The largest absolute Gasteiger partial charge is 0.459 e. The maximum Gasteiger partial charge on any atom is 0.325 e. The molecule has 0 heterocycles. The smallest absolute Gasteiger partial charge is 0.325 e. The quantitative estimate of drug-likeness (QED) is 0.472. The Morgan fingerprint density at radius 3 is 2.15 bits per heavy atom. The van der Waals surface area contributed by atoms with E-state index in [0.29, 0.717) is 5.56 Å². The topological polar surface area (TPSA) is 91.0 Å². The van der Waals surface area contributed by atoms with Crippen molar-refractivity contribution >= 4 is 17.3 Å². The van der Waals surface area contributed by atoms with Gasteiger partial charge >= 0.3 is 5.97 Å². The molecule has 1 atom stereocenters. The standard InChI is InChI=1S/C21H20N2O3/c1-14-7-9-15(10-8-14)18(16(12-22)13-23)21(11-5-6-17(21)24)19(25)26-20(2,3)4/h5-10H,11H2,1-4H3. The molecule has 0 aliphatic heterocycles. The summed E-state index contributed by atoms with van der Waals surface area (Å²) < 4.78 is 5.51. The number of nitrogens with zero attached hydrogens (tertiary/aromatic N) is 2. The highest BCUT2D eigenvalue weighted by Gasteiger charge is 2.53. The highest BCUT2D eigenvalue weighted by Crippen LogP contribution is 2.46. The van der Waals surface area contributed by atoms with Crippen molar-refractivity contribution in [3.8, 4) is 12.1 Å². The molecule has 1 aromatic rings. The second-order valence-electron chi connectivity index (χ2n) is 7.22. The number of rotatable bonds is 3. The number of nitriles is 2. The van der Waals surface area contributed by atoms with Crippen LogP contribution >= 0.6 is 0 Å². The van der Waals surface area contributed by atoms with Gasteiger partial charge in [0.15, 0.2) is 11.2 Å². The van der Waals surface area contributed by atoms with Crippen molar-refractivity contribution in [1.29, 1.82) is 10.5 Å². The Bertz CT molecular complexity index is 871. The second kappa shape index (κ2) is 6.98. The predicted octanol–water partition coefficient (Wildman–Crippen LogP) is 3.65. The van der Waals surface area contributed by atoms with Crippen molar-refractivity contribution in [2.24, 2.45) is 5.41 Å². The maximum absolute atomic E-state index is 13.1. The average molecular weight is 348 g/mol. The van der Waals surface area contributed by atoms with Gasteiger partial charge in [0.05, 0.1) is 0 Å². The highest BCUT2D eigenvalue weighted by atomic mass is 16.6. The van der Waals surface area contributed by atoms with Crippen LogP contribution < -0.4 is 0 Å². The monoisotopic (exact) mass is 348 g/mol. The normalized spacial score (nSPS) is 18.8. The number of esters is 1. The van der Waals surface area contributed by atoms with Gasteiger partial charge in [-0.3, -0.25) is 9.59 Å². The van der Waals surface area contributed by atoms with Gasteiger partial charge < -0.3 is 4.74 Å². The van der Waals surface area contributed by atoms with Crippen LogP contribution in [0.1, 0.15) is 38.3 Å². The number of aryl methyl sites for hydroxylation is 1. The maximum atomic E-state index is 13.1. The van der Waals surface area contributed by atoms with Crippen molar-refractivity contribution in [1.82, 2.24) is 0 Å². The van der Waals surface area contributed by atoms with E-state index in [-0.39, 0.29) is 17.6 Å². The Balaban J connectivity index is 2.77. The summed E-state index contributed by atoms with van der Waals surface area (Å²) in [5.41, 5.74) is -1.24. The van der Waals surface area contributed by atoms with Crippen molar-refractivity contribution in [3.63, 3.8) is 0 Å². The molecule has 0 spiro atoms. The molecular weight excluding hydrogens is 328 g/mol. The van der Waals surface area contributed by atoms with Gasteiger partial charge in [-0.05, 0) is 45.8 Å². The van der Waals surface area contributed by atoms with Gasteiger partial charge in [0, 0.05) is 5.57 Å². The molecule has 26 heavy (non-hydrogen) atoms. The molecule has 0 bridgehead atoms. The number of ketones is 1. The first kappa shape index (κ1) is 19.1. The Hall–Kier alpha value is -3.18. The number of hydrogen-bond donors (Lipinski definition) is 0. The average Bonchev–Trinajstić information content (AvgIpc) is 2.94.